The molecule has 5 heteroatoms. The van der Waals surface area contributed by atoms with Gasteiger partial charge in [-0.2, -0.15) is 0 Å². The van der Waals surface area contributed by atoms with Crippen LogP contribution in [0.2, 0.25) is 0 Å². The highest BCUT2D eigenvalue weighted by atomic mass is 16.4. The lowest BCUT2D eigenvalue weighted by Crippen LogP contribution is -2.34. The number of hydrogen-bond acceptors (Lipinski definition) is 2. The lowest BCUT2D eigenvalue weighted by Gasteiger charge is -2.21. The number of aromatic carboxylic acids is 1. The van der Waals surface area contributed by atoms with Crippen LogP contribution in [0, 0.1) is 0 Å². The summed E-state index contributed by atoms with van der Waals surface area (Å²) in [6.07, 6.45) is 1.60. The minimum absolute atomic E-state index is 0.0113. The summed E-state index contributed by atoms with van der Waals surface area (Å²) in [7, 11) is 0. The number of carboxylic acid groups (broad SMARTS) is 1. The Bertz CT molecular complexity index is 605. The number of aromatic nitrogens is 1. The summed E-state index contributed by atoms with van der Waals surface area (Å²) in [4.78, 5) is 25.0. The van der Waals surface area contributed by atoms with Crippen molar-refractivity contribution in [2.24, 2.45) is 0 Å². The fraction of sp³-hybridized carbons (Fsp3) is 0.200. The zero-order chi connectivity index (χ0) is 14.5. The molecule has 1 aromatic carbocycles. The number of nitrogens with zero attached hydrogens (tertiary/aromatic N) is 2. The van der Waals surface area contributed by atoms with Gasteiger partial charge in [-0.3, -0.25) is 4.79 Å². The van der Waals surface area contributed by atoms with E-state index in [1.165, 1.54) is 10.6 Å². The number of amides is 1. The topological polar surface area (TPSA) is 62.5 Å². The highest BCUT2D eigenvalue weighted by molar-refractivity contribution is 5.94. The third-order valence-corrected chi connectivity index (χ3v) is 3.04. The lowest BCUT2D eigenvalue weighted by atomic mass is 10.3. The van der Waals surface area contributed by atoms with E-state index >= 15 is 0 Å². The minimum Gasteiger partial charge on any atom is -0.477 e. The van der Waals surface area contributed by atoms with Gasteiger partial charge in [0.15, 0.2) is 0 Å². The third kappa shape index (κ3) is 2.88. The first-order chi connectivity index (χ1) is 9.63. The third-order valence-electron chi connectivity index (χ3n) is 3.04. The first-order valence-electron chi connectivity index (χ1n) is 6.37. The van der Waals surface area contributed by atoms with Crippen LogP contribution in [0.4, 0.5) is 5.69 Å². The molecule has 0 radical (unpaired) electrons. The van der Waals surface area contributed by atoms with Gasteiger partial charge >= 0.3 is 5.97 Å². The van der Waals surface area contributed by atoms with Crippen LogP contribution in [-0.4, -0.2) is 28.1 Å². The Labute approximate surface area is 117 Å². The van der Waals surface area contributed by atoms with Gasteiger partial charge in [0, 0.05) is 18.4 Å². The second kappa shape index (κ2) is 6.06. The normalized spacial score (nSPS) is 10.2. The Morgan fingerprint density at radius 3 is 2.45 bits per heavy atom. The largest absolute Gasteiger partial charge is 0.477 e. The predicted octanol–water partition coefficient (Wildman–Crippen LogP) is 2.24. The maximum Gasteiger partial charge on any atom is 0.352 e. The molecule has 20 heavy (non-hydrogen) atoms. The molecular formula is C15H16N2O3. The van der Waals surface area contributed by atoms with Gasteiger partial charge in [-0.25, -0.2) is 4.79 Å². The van der Waals surface area contributed by atoms with Crippen LogP contribution >= 0.6 is 0 Å². The predicted molar refractivity (Wildman–Crippen MR) is 75.9 cm³/mol. The Morgan fingerprint density at radius 1 is 1.15 bits per heavy atom. The molecular weight excluding hydrogens is 256 g/mol. The van der Waals surface area contributed by atoms with E-state index in [1.54, 1.807) is 17.2 Å². The molecule has 0 aliphatic carbocycles. The van der Waals surface area contributed by atoms with Gasteiger partial charge in [-0.15, -0.1) is 0 Å². The number of carbonyl (C=O) groups excluding carboxylic acids is 1. The van der Waals surface area contributed by atoms with E-state index in [1.807, 2.05) is 37.3 Å². The maximum atomic E-state index is 12.3. The summed E-state index contributed by atoms with van der Waals surface area (Å²) < 4.78 is 1.44. The number of likely N-dealkylation sites (N-methyl/N-ethyl adjacent to an activating group) is 1. The van der Waals surface area contributed by atoms with Gasteiger partial charge in [0.25, 0.3) is 0 Å². The fourth-order valence-corrected chi connectivity index (χ4v) is 2.09. The van der Waals surface area contributed by atoms with Gasteiger partial charge in [-0.05, 0) is 31.2 Å². The van der Waals surface area contributed by atoms with Gasteiger partial charge in [0.05, 0.1) is 0 Å². The summed E-state index contributed by atoms with van der Waals surface area (Å²) in [5.74, 6) is -1.18. The standard InChI is InChI=1S/C15H16N2O3/c1-2-17(12-7-4-3-5-8-12)14(18)11-16-10-6-9-13(16)15(19)20/h3-10H,2,11H2,1H3,(H,19,20). The Kier molecular flexibility index (Phi) is 4.20. The van der Waals surface area contributed by atoms with Crippen molar-refractivity contribution >= 4 is 17.6 Å². The number of anilines is 1. The molecule has 1 heterocycles. The van der Waals surface area contributed by atoms with Crippen LogP contribution < -0.4 is 4.90 Å². The van der Waals surface area contributed by atoms with Crippen LogP contribution in [0.5, 0.6) is 0 Å². The summed E-state index contributed by atoms with van der Waals surface area (Å²) in [6, 6.07) is 12.4. The summed E-state index contributed by atoms with van der Waals surface area (Å²) in [5.41, 5.74) is 0.923. The maximum absolute atomic E-state index is 12.3. The smallest absolute Gasteiger partial charge is 0.352 e. The van der Waals surface area contributed by atoms with Crippen molar-refractivity contribution in [3.05, 3.63) is 54.4 Å². The number of carbonyl (C=O) groups is 2. The molecule has 0 aliphatic heterocycles. The fourth-order valence-electron chi connectivity index (χ4n) is 2.09. The zero-order valence-corrected chi connectivity index (χ0v) is 11.2. The van der Waals surface area contributed by atoms with Crippen LogP contribution in [0.15, 0.2) is 48.7 Å². The molecule has 0 unspecified atom stereocenters. The number of benzene rings is 1. The average Bonchev–Trinajstić information content (AvgIpc) is 2.89. The van der Waals surface area contributed by atoms with Crippen LogP contribution in [0.3, 0.4) is 0 Å². The average molecular weight is 272 g/mol. The van der Waals surface area contributed by atoms with Gasteiger partial charge in [0.1, 0.15) is 12.2 Å². The second-order valence-corrected chi connectivity index (χ2v) is 4.30. The summed E-state index contributed by atoms with van der Waals surface area (Å²) in [5, 5.41) is 9.03. The molecule has 0 aliphatic rings. The van der Waals surface area contributed by atoms with E-state index in [9.17, 15) is 9.59 Å². The Hall–Kier alpha value is -2.56. The molecule has 0 saturated carbocycles. The highest BCUT2D eigenvalue weighted by Gasteiger charge is 2.17. The summed E-state index contributed by atoms with van der Waals surface area (Å²) in [6.45, 7) is 2.43. The number of para-hydroxylation sites is 1. The van der Waals surface area contributed by atoms with Crippen molar-refractivity contribution in [2.75, 3.05) is 11.4 Å². The molecule has 5 nitrogen and oxygen atoms in total. The van der Waals surface area contributed by atoms with Gasteiger partial charge in [0.2, 0.25) is 5.91 Å². The van der Waals surface area contributed by atoms with Crippen molar-refractivity contribution < 1.29 is 14.7 Å². The lowest BCUT2D eigenvalue weighted by molar-refractivity contribution is -0.119. The molecule has 2 rings (SSSR count). The van der Waals surface area contributed by atoms with Crippen molar-refractivity contribution in [2.45, 2.75) is 13.5 Å². The zero-order valence-electron chi connectivity index (χ0n) is 11.2. The van der Waals surface area contributed by atoms with Crippen LogP contribution in [0.25, 0.3) is 0 Å². The molecule has 0 saturated heterocycles. The Morgan fingerprint density at radius 2 is 1.85 bits per heavy atom. The second-order valence-electron chi connectivity index (χ2n) is 4.30. The van der Waals surface area contributed by atoms with Crippen molar-refractivity contribution in [3.63, 3.8) is 0 Å². The first-order valence-corrected chi connectivity index (χ1v) is 6.37. The SMILES string of the molecule is CCN(C(=O)Cn1cccc1C(=O)O)c1ccccc1. The molecule has 2 aromatic rings. The summed E-state index contributed by atoms with van der Waals surface area (Å²) >= 11 is 0. The van der Waals surface area contributed by atoms with E-state index in [2.05, 4.69) is 0 Å². The molecule has 0 atom stereocenters. The van der Waals surface area contributed by atoms with E-state index in [-0.39, 0.29) is 18.1 Å². The number of carboxylic acids is 1. The molecule has 1 aromatic heterocycles. The highest BCUT2D eigenvalue weighted by Crippen LogP contribution is 2.14. The van der Waals surface area contributed by atoms with Crippen LogP contribution in [-0.2, 0) is 11.3 Å². The molecule has 104 valence electrons. The van der Waals surface area contributed by atoms with Gasteiger partial charge < -0.3 is 14.6 Å². The molecule has 0 spiro atoms. The Balaban J connectivity index is 2.18. The van der Waals surface area contributed by atoms with Crippen molar-refractivity contribution in [3.8, 4) is 0 Å². The molecule has 1 amide bonds. The van der Waals surface area contributed by atoms with E-state index in [4.69, 9.17) is 5.11 Å². The number of rotatable bonds is 5. The monoisotopic (exact) mass is 272 g/mol. The van der Waals surface area contributed by atoms with Crippen molar-refractivity contribution in [1.82, 2.24) is 4.57 Å². The van der Waals surface area contributed by atoms with Crippen LogP contribution in [0.1, 0.15) is 17.4 Å². The van der Waals surface area contributed by atoms with E-state index < -0.39 is 5.97 Å². The quantitative estimate of drug-likeness (QED) is 0.908. The molecule has 0 bridgehead atoms. The minimum atomic E-state index is -1.04. The van der Waals surface area contributed by atoms with E-state index in [0.717, 1.165) is 5.69 Å². The first kappa shape index (κ1) is 13.9. The molecule has 0 fully saturated rings. The van der Waals surface area contributed by atoms with Gasteiger partial charge in [-0.1, -0.05) is 18.2 Å². The molecule has 1 N–H and O–H groups in total. The number of hydrogen-bond donors (Lipinski definition) is 1. The van der Waals surface area contributed by atoms with Crippen molar-refractivity contribution in [1.29, 1.82) is 0 Å². The van der Waals surface area contributed by atoms with E-state index in [0.29, 0.717) is 6.54 Å².